The van der Waals surface area contributed by atoms with E-state index in [-0.39, 0.29) is 0 Å². The molecule has 0 aromatic carbocycles. The summed E-state index contributed by atoms with van der Waals surface area (Å²) in [6.45, 7) is 11.0. The van der Waals surface area contributed by atoms with Crippen LogP contribution in [0.25, 0.3) is 0 Å². The van der Waals surface area contributed by atoms with Gasteiger partial charge in [0, 0.05) is 0 Å². The number of unbranched alkanes of at least 4 members (excludes halogenated alkanes) is 2. The van der Waals surface area contributed by atoms with Crippen molar-refractivity contribution in [1.29, 1.82) is 0 Å². The summed E-state index contributed by atoms with van der Waals surface area (Å²) in [7, 11) is 0. The minimum Gasteiger partial charge on any atom is -0.0999 e. The average molecular weight is 196 g/mol. The molecule has 0 aromatic rings. The molecule has 0 aliphatic carbocycles. The van der Waals surface area contributed by atoms with E-state index in [9.17, 15) is 0 Å². The monoisotopic (exact) mass is 196 g/mol. The van der Waals surface area contributed by atoms with E-state index >= 15 is 0 Å². The van der Waals surface area contributed by atoms with Gasteiger partial charge in [0.05, 0.1) is 0 Å². The highest BCUT2D eigenvalue weighted by molar-refractivity contribution is 4.95. The van der Waals surface area contributed by atoms with Crippen molar-refractivity contribution in [3.8, 4) is 0 Å². The first kappa shape index (κ1) is 13.7. The average Bonchev–Trinajstić information content (AvgIpc) is 2.21. The Morgan fingerprint density at radius 3 is 2.21 bits per heavy atom. The largest absolute Gasteiger partial charge is 0.0999 e. The van der Waals surface area contributed by atoms with Gasteiger partial charge in [0.25, 0.3) is 0 Å². The molecule has 0 amide bonds. The van der Waals surface area contributed by atoms with Crippen molar-refractivity contribution in [2.45, 2.75) is 72.1 Å². The van der Waals surface area contributed by atoms with Gasteiger partial charge in [-0.2, -0.15) is 0 Å². The maximum absolute atomic E-state index is 4.19. The number of hydrogen-bond acceptors (Lipinski definition) is 0. The molecule has 0 saturated heterocycles. The van der Waals surface area contributed by atoms with Crippen LogP contribution in [0.2, 0.25) is 0 Å². The topological polar surface area (TPSA) is 0 Å². The second-order valence-corrected chi connectivity index (χ2v) is 4.47. The summed E-state index contributed by atoms with van der Waals surface area (Å²) in [5.74, 6) is 0.902. The molecule has 0 spiro atoms. The molecule has 84 valence electrons. The highest BCUT2D eigenvalue weighted by Crippen LogP contribution is 2.22. The van der Waals surface area contributed by atoms with Crippen LogP contribution in [0.5, 0.6) is 0 Å². The third-order valence-electron chi connectivity index (χ3n) is 3.00. The Hall–Kier alpha value is -0.260. The zero-order chi connectivity index (χ0) is 10.8. The van der Waals surface area contributed by atoms with Gasteiger partial charge in [0.1, 0.15) is 0 Å². The normalized spacial score (nSPS) is 12.8. The van der Waals surface area contributed by atoms with Crippen molar-refractivity contribution >= 4 is 0 Å². The number of allylic oxidation sites excluding steroid dienone is 1. The molecule has 0 saturated carbocycles. The van der Waals surface area contributed by atoms with E-state index in [0.29, 0.717) is 0 Å². The van der Waals surface area contributed by atoms with Gasteiger partial charge in [-0.1, -0.05) is 65.0 Å². The first-order valence-corrected chi connectivity index (χ1v) is 6.41. The lowest BCUT2D eigenvalue weighted by Crippen LogP contribution is -2.00. The second-order valence-electron chi connectivity index (χ2n) is 4.47. The van der Waals surface area contributed by atoms with Crippen LogP contribution >= 0.6 is 0 Å². The van der Waals surface area contributed by atoms with Crippen LogP contribution in [0, 0.1) is 5.92 Å². The molecular weight excluding hydrogens is 168 g/mol. The first-order chi connectivity index (χ1) is 6.74. The fraction of sp³-hybridized carbons (Fsp3) is 0.857. The Bertz CT molecular complexity index is 135. The van der Waals surface area contributed by atoms with Gasteiger partial charge in [-0.15, -0.1) is 0 Å². The fourth-order valence-electron chi connectivity index (χ4n) is 1.88. The Labute approximate surface area is 90.8 Å². The van der Waals surface area contributed by atoms with Crippen LogP contribution in [0.15, 0.2) is 12.2 Å². The third kappa shape index (κ3) is 7.17. The van der Waals surface area contributed by atoms with E-state index in [1.807, 2.05) is 0 Å². The van der Waals surface area contributed by atoms with Gasteiger partial charge >= 0.3 is 0 Å². The molecule has 0 aliphatic heterocycles. The van der Waals surface area contributed by atoms with Crippen LogP contribution in [0.3, 0.4) is 0 Å². The Kier molecular flexibility index (Phi) is 9.13. The first-order valence-electron chi connectivity index (χ1n) is 6.41. The highest BCUT2D eigenvalue weighted by atomic mass is 14.1. The summed E-state index contributed by atoms with van der Waals surface area (Å²) in [5.41, 5.74) is 1.48. The lowest BCUT2D eigenvalue weighted by molar-refractivity contribution is 0.442. The molecule has 0 nitrogen and oxygen atoms in total. The second kappa shape index (κ2) is 9.30. The van der Waals surface area contributed by atoms with E-state index in [0.717, 1.165) is 5.92 Å². The van der Waals surface area contributed by atoms with Gasteiger partial charge in [0.15, 0.2) is 0 Å². The predicted molar refractivity (Wildman–Crippen MR) is 66.6 cm³/mol. The Balaban J connectivity index is 3.62. The molecule has 0 heterocycles. The molecule has 14 heavy (non-hydrogen) atoms. The minimum atomic E-state index is 0.902. The van der Waals surface area contributed by atoms with E-state index in [4.69, 9.17) is 0 Å². The smallest absolute Gasteiger partial charge is 0.0295 e. The van der Waals surface area contributed by atoms with E-state index in [1.54, 1.807) is 0 Å². The molecule has 0 heteroatoms. The molecule has 1 unspecified atom stereocenters. The molecule has 0 N–H and O–H groups in total. The quantitative estimate of drug-likeness (QED) is 0.437. The summed E-state index contributed by atoms with van der Waals surface area (Å²) in [5, 5.41) is 0. The van der Waals surface area contributed by atoms with Crippen molar-refractivity contribution in [3.63, 3.8) is 0 Å². The van der Waals surface area contributed by atoms with E-state index < -0.39 is 0 Å². The van der Waals surface area contributed by atoms with E-state index in [2.05, 4.69) is 27.4 Å². The van der Waals surface area contributed by atoms with Gasteiger partial charge in [-0.05, 0) is 25.2 Å². The molecule has 0 bridgehead atoms. The lowest BCUT2D eigenvalue weighted by atomic mass is 9.91. The van der Waals surface area contributed by atoms with Gasteiger partial charge in [-0.3, -0.25) is 0 Å². The lowest BCUT2D eigenvalue weighted by Gasteiger charge is -2.15. The molecule has 0 aromatic heterocycles. The standard InChI is InChI=1S/C14H28/c1-5-8-10-13(4)12-14(7-3)11-9-6-2/h14H,4-12H2,1-3H3. The molecule has 0 rings (SSSR count). The van der Waals surface area contributed by atoms with Crippen molar-refractivity contribution in [2.75, 3.05) is 0 Å². The summed E-state index contributed by atoms with van der Waals surface area (Å²) in [6.07, 6.45) is 10.6. The number of rotatable bonds is 9. The molecule has 0 fully saturated rings. The fourth-order valence-corrected chi connectivity index (χ4v) is 1.88. The Morgan fingerprint density at radius 1 is 1.07 bits per heavy atom. The zero-order valence-electron chi connectivity index (χ0n) is 10.4. The van der Waals surface area contributed by atoms with Crippen LogP contribution < -0.4 is 0 Å². The van der Waals surface area contributed by atoms with Crippen LogP contribution in [0.1, 0.15) is 72.1 Å². The van der Waals surface area contributed by atoms with Crippen LogP contribution in [0.4, 0.5) is 0 Å². The van der Waals surface area contributed by atoms with Gasteiger partial charge in [-0.25, -0.2) is 0 Å². The number of hydrogen-bond donors (Lipinski definition) is 0. The molecule has 0 radical (unpaired) electrons. The summed E-state index contributed by atoms with van der Waals surface area (Å²) < 4.78 is 0. The highest BCUT2D eigenvalue weighted by Gasteiger charge is 2.07. The predicted octanol–water partition coefficient (Wildman–Crippen LogP) is 5.34. The maximum Gasteiger partial charge on any atom is -0.0295 e. The molecule has 1 atom stereocenters. The minimum absolute atomic E-state index is 0.902. The maximum atomic E-state index is 4.19. The van der Waals surface area contributed by atoms with Crippen LogP contribution in [-0.4, -0.2) is 0 Å². The third-order valence-corrected chi connectivity index (χ3v) is 3.00. The van der Waals surface area contributed by atoms with Gasteiger partial charge in [0.2, 0.25) is 0 Å². The Morgan fingerprint density at radius 2 is 1.71 bits per heavy atom. The van der Waals surface area contributed by atoms with Crippen molar-refractivity contribution in [2.24, 2.45) is 5.92 Å². The summed E-state index contributed by atoms with van der Waals surface area (Å²) in [6, 6.07) is 0. The summed E-state index contributed by atoms with van der Waals surface area (Å²) in [4.78, 5) is 0. The van der Waals surface area contributed by atoms with Crippen molar-refractivity contribution < 1.29 is 0 Å². The van der Waals surface area contributed by atoms with Crippen LogP contribution in [-0.2, 0) is 0 Å². The summed E-state index contributed by atoms with van der Waals surface area (Å²) >= 11 is 0. The van der Waals surface area contributed by atoms with Crippen molar-refractivity contribution in [1.82, 2.24) is 0 Å². The zero-order valence-corrected chi connectivity index (χ0v) is 10.4. The molecular formula is C14H28. The van der Waals surface area contributed by atoms with Crippen molar-refractivity contribution in [3.05, 3.63) is 12.2 Å². The molecule has 0 aliphatic rings. The van der Waals surface area contributed by atoms with E-state index in [1.165, 1.54) is 56.9 Å². The SMILES string of the molecule is C=C(CCCC)CC(CC)CCCC. The van der Waals surface area contributed by atoms with Gasteiger partial charge < -0.3 is 0 Å².